The smallest absolute Gasteiger partial charge is 0.164 e. The molecule has 8 aromatic carbocycles. The highest BCUT2D eigenvalue weighted by Gasteiger charge is 2.50. The lowest BCUT2D eigenvalue weighted by Crippen LogP contribution is -2.32. The van der Waals surface area contributed by atoms with Crippen molar-refractivity contribution in [2.24, 2.45) is 0 Å². The minimum atomic E-state index is -0.408. The van der Waals surface area contributed by atoms with Crippen molar-refractivity contribution in [3.8, 4) is 67.5 Å². The van der Waals surface area contributed by atoms with Gasteiger partial charge in [-0.3, -0.25) is 0 Å². The van der Waals surface area contributed by atoms with E-state index in [0.717, 1.165) is 27.8 Å². The average Bonchev–Trinajstić information content (AvgIpc) is 3.57. The Morgan fingerprint density at radius 3 is 1.23 bits per heavy atom. The Hall–Kier alpha value is -6.88. The van der Waals surface area contributed by atoms with Gasteiger partial charge >= 0.3 is 0 Å². The van der Waals surface area contributed by atoms with Crippen LogP contribution in [0.4, 0.5) is 0 Å². The van der Waals surface area contributed by atoms with E-state index in [2.05, 4.69) is 164 Å². The lowest BCUT2D eigenvalue weighted by Gasteiger charge is -2.40. The van der Waals surface area contributed by atoms with E-state index < -0.39 is 5.41 Å². The predicted molar refractivity (Wildman–Crippen MR) is 228 cm³/mol. The number of aromatic nitrogens is 3. The predicted octanol–water partition coefficient (Wildman–Crippen LogP) is 13.0. The average molecular weight is 732 g/mol. The number of fused-ring (bicyclic) bond motifs is 9. The van der Waals surface area contributed by atoms with Gasteiger partial charge in [0.2, 0.25) is 0 Å². The molecule has 0 atom stereocenters. The van der Waals surface area contributed by atoms with E-state index in [-0.39, 0.29) is 0 Å². The van der Waals surface area contributed by atoms with Gasteiger partial charge in [0, 0.05) is 26.5 Å². The summed E-state index contributed by atoms with van der Waals surface area (Å²) in [6, 6.07) is 71.6. The van der Waals surface area contributed by atoms with Crippen LogP contribution in [0.5, 0.6) is 0 Å². The fraction of sp³-hybridized carbons (Fsp3) is 0.0192. The summed E-state index contributed by atoms with van der Waals surface area (Å²) in [4.78, 5) is 17.6. The van der Waals surface area contributed by atoms with Crippen LogP contribution in [0.25, 0.3) is 67.5 Å². The molecule has 0 bridgehead atoms. The van der Waals surface area contributed by atoms with Gasteiger partial charge in [-0.1, -0.05) is 194 Å². The fourth-order valence-electron chi connectivity index (χ4n) is 8.64. The minimum Gasteiger partial charge on any atom is -0.208 e. The first-order valence-corrected chi connectivity index (χ1v) is 19.8. The van der Waals surface area contributed by atoms with Crippen LogP contribution in [0, 0.1) is 0 Å². The van der Waals surface area contributed by atoms with Gasteiger partial charge in [0.25, 0.3) is 0 Å². The number of benzene rings is 8. The van der Waals surface area contributed by atoms with Crippen LogP contribution >= 0.6 is 11.8 Å². The zero-order valence-electron chi connectivity index (χ0n) is 30.3. The van der Waals surface area contributed by atoms with Crippen LogP contribution in [0.2, 0.25) is 0 Å². The van der Waals surface area contributed by atoms with Crippen molar-refractivity contribution in [3.05, 3.63) is 222 Å². The Morgan fingerprint density at radius 2 is 0.661 bits per heavy atom. The first-order valence-electron chi connectivity index (χ1n) is 18.9. The van der Waals surface area contributed by atoms with Crippen molar-refractivity contribution in [1.29, 1.82) is 0 Å². The van der Waals surface area contributed by atoms with E-state index in [9.17, 15) is 0 Å². The molecule has 2 heterocycles. The molecule has 56 heavy (non-hydrogen) atoms. The Balaban J connectivity index is 1.01. The van der Waals surface area contributed by atoms with Crippen LogP contribution in [-0.4, -0.2) is 15.0 Å². The molecule has 3 nitrogen and oxygen atoms in total. The van der Waals surface area contributed by atoms with E-state index in [1.165, 1.54) is 54.3 Å². The van der Waals surface area contributed by atoms with Crippen LogP contribution in [0.3, 0.4) is 0 Å². The van der Waals surface area contributed by atoms with Crippen molar-refractivity contribution in [2.75, 3.05) is 0 Å². The summed E-state index contributed by atoms with van der Waals surface area (Å²) in [6.07, 6.45) is 0. The summed E-state index contributed by atoms with van der Waals surface area (Å²) in [5, 5.41) is 0. The van der Waals surface area contributed by atoms with Crippen molar-refractivity contribution in [1.82, 2.24) is 15.0 Å². The normalized spacial score (nSPS) is 13.1. The first kappa shape index (κ1) is 32.5. The number of hydrogen-bond acceptors (Lipinski definition) is 4. The third-order valence-corrected chi connectivity index (χ3v) is 12.4. The van der Waals surface area contributed by atoms with Gasteiger partial charge in [-0.25, -0.2) is 15.0 Å². The molecular weight excluding hydrogens is 699 g/mol. The van der Waals surface area contributed by atoms with Gasteiger partial charge in [-0.05, 0) is 73.8 Å². The largest absolute Gasteiger partial charge is 0.208 e. The van der Waals surface area contributed by atoms with Gasteiger partial charge in [0.15, 0.2) is 17.5 Å². The molecule has 0 N–H and O–H groups in total. The Morgan fingerprint density at radius 1 is 0.286 bits per heavy atom. The standard InChI is InChI=1S/C52H33N3S/c1-3-13-34(14-4-1)35-23-27-38(28-24-35)50-53-49(37-15-5-2-6-16-37)54-51(55-50)39-29-25-36(26-30-39)40-31-32-48-46(33-40)52(45-21-11-12-22-47(45)56-48)43-19-9-7-17-41(43)42-18-8-10-20-44(42)52/h1-33H. The second-order valence-corrected chi connectivity index (χ2v) is 15.4. The maximum Gasteiger partial charge on any atom is 0.164 e. The molecule has 262 valence electrons. The monoisotopic (exact) mass is 731 g/mol. The Labute approximate surface area is 330 Å². The highest BCUT2D eigenvalue weighted by atomic mass is 32.2. The van der Waals surface area contributed by atoms with E-state index in [4.69, 9.17) is 15.0 Å². The second-order valence-electron chi connectivity index (χ2n) is 14.3. The summed E-state index contributed by atoms with van der Waals surface area (Å²) in [6.45, 7) is 0. The van der Waals surface area contributed by atoms with E-state index in [0.29, 0.717) is 17.5 Å². The highest BCUT2D eigenvalue weighted by molar-refractivity contribution is 7.99. The van der Waals surface area contributed by atoms with Gasteiger partial charge in [-0.2, -0.15) is 0 Å². The summed E-state index contributed by atoms with van der Waals surface area (Å²) in [5.74, 6) is 1.94. The van der Waals surface area contributed by atoms with Gasteiger partial charge in [-0.15, -0.1) is 0 Å². The number of rotatable bonds is 5. The topological polar surface area (TPSA) is 38.7 Å². The maximum atomic E-state index is 5.05. The van der Waals surface area contributed by atoms with Crippen molar-refractivity contribution in [3.63, 3.8) is 0 Å². The molecule has 1 aliphatic heterocycles. The van der Waals surface area contributed by atoms with Gasteiger partial charge < -0.3 is 0 Å². The lowest BCUT2D eigenvalue weighted by atomic mass is 9.67. The van der Waals surface area contributed by atoms with Crippen LogP contribution < -0.4 is 0 Å². The maximum absolute atomic E-state index is 5.05. The zero-order chi connectivity index (χ0) is 37.1. The molecule has 9 aromatic rings. The SMILES string of the molecule is c1ccc(-c2ccc(-c3nc(-c4ccccc4)nc(-c4ccc(-c5ccc6c(c5)C5(c7ccccc7S6)c6ccccc6-c6ccccc65)cc4)n3)cc2)cc1. The molecule has 0 saturated carbocycles. The summed E-state index contributed by atoms with van der Waals surface area (Å²) in [7, 11) is 0. The fourth-order valence-corrected chi connectivity index (χ4v) is 9.81. The van der Waals surface area contributed by atoms with Crippen molar-refractivity contribution >= 4 is 11.8 Å². The van der Waals surface area contributed by atoms with Crippen LogP contribution in [0.1, 0.15) is 22.3 Å². The van der Waals surface area contributed by atoms with E-state index >= 15 is 0 Å². The number of hydrogen-bond donors (Lipinski definition) is 0. The summed E-state index contributed by atoms with van der Waals surface area (Å²) in [5.41, 5.74) is 15.1. The quantitative estimate of drug-likeness (QED) is 0.177. The van der Waals surface area contributed by atoms with Gasteiger partial charge in [0.1, 0.15) is 0 Å². The van der Waals surface area contributed by atoms with E-state index in [1.54, 1.807) is 0 Å². The zero-order valence-corrected chi connectivity index (χ0v) is 31.1. The highest BCUT2D eigenvalue weighted by Crippen LogP contribution is 2.62. The lowest BCUT2D eigenvalue weighted by molar-refractivity contribution is 0.723. The minimum absolute atomic E-state index is 0.408. The molecule has 1 spiro atoms. The summed E-state index contributed by atoms with van der Waals surface area (Å²) >= 11 is 1.87. The Kier molecular flexibility index (Phi) is 7.64. The molecule has 4 heteroatoms. The first-order chi connectivity index (χ1) is 27.7. The Bertz CT molecular complexity index is 2880. The molecule has 0 amide bonds. The van der Waals surface area contributed by atoms with Crippen LogP contribution in [-0.2, 0) is 5.41 Å². The third kappa shape index (κ3) is 5.18. The second kappa shape index (κ2) is 13.2. The third-order valence-electron chi connectivity index (χ3n) is 11.2. The summed E-state index contributed by atoms with van der Waals surface area (Å²) < 4.78 is 0. The van der Waals surface area contributed by atoms with Crippen molar-refractivity contribution < 1.29 is 0 Å². The molecule has 2 aliphatic rings. The molecule has 1 aliphatic carbocycles. The molecule has 1 aromatic heterocycles. The molecule has 11 rings (SSSR count). The van der Waals surface area contributed by atoms with Crippen molar-refractivity contribution in [2.45, 2.75) is 15.2 Å². The van der Waals surface area contributed by atoms with E-state index in [1.807, 2.05) is 48.2 Å². The molecule has 0 unspecified atom stereocenters. The molecule has 0 saturated heterocycles. The molecule has 0 fully saturated rings. The van der Waals surface area contributed by atoms with Gasteiger partial charge in [0.05, 0.1) is 5.41 Å². The number of nitrogens with zero attached hydrogens (tertiary/aromatic N) is 3. The molecule has 0 radical (unpaired) electrons. The molecular formula is C52H33N3S. The van der Waals surface area contributed by atoms with Crippen LogP contribution in [0.15, 0.2) is 210 Å².